The van der Waals surface area contributed by atoms with Crippen LogP contribution in [0.1, 0.15) is 53.1 Å². The third kappa shape index (κ3) is 11.6. The number of nitriles is 1. The number of aromatic nitrogens is 1. The summed E-state index contributed by atoms with van der Waals surface area (Å²) >= 11 is 6.78. The first kappa shape index (κ1) is 41.9. The van der Waals surface area contributed by atoms with Crippen molar-refractivity contribution >= 4 is 18.1 Å². The Morgan fingerprint density at radius 1 is 1.02 bits per heavy atom. The second-order valence-electron chi connectivity index (χ2n) is 13.3. The first-order valence-electron chi connectivity index (χ1n) is 17.6. The average Bonchev–Trinajstić information content (AvgIpc) is 3.51. The zero-order chi connectivity index (χ0) is 39.3. The van der Waals surface area contributed by atoms with Crippen molar-refractivity contribution in [3.63, 3.8) is 0 Å². The highest BCUT2D eigenvalue weighted by atomic mass is 35.5. The number of likely N-dealkylation sites (N-methyl/N-ethyl adjacent to an activating group) is 1. The van der Waals surface area contributed by atoms with E-state index in [0.717, 1.165) is 44.7 Å². The number of hydrogen-bond donors (Lipinski definition) is 2. The van der Waals surface area contributed by atoms with E-state index in [-0.39, 0.29) is 45.3 Å². The van der Waals surface area contributed by atoms with Crippen LogP contribution >= 0.6 is 11.6 Å². The minimum atomic E-state index is -2.58. The maximum absolute atomic E-state index is 13.5. The van der Waals surface area contributed by atoms with Crippen LogP contribution in [0.25, 0.3) is 11.1 Å². The van der Waals surface area contributed by atoms with Crippen LogP contribution in [-0.2, 0) is 24.6 Å². The van der Waals surface area contributed by atoms with Crippen molar-refractivity contribution < 1.29 is 38.0 Å². The van der Waals surface area contributed by atoms with Gasteiger partial charge in [-0.3, -0.25) is 19.6 Å². The standard InChI is InChI=1S/C40H45ClF2N4O4.CH2O2/c1-27(23-48)46(4)22-33-17-36(41)39(18-38(33)50-24-31-16-30(19-44)20-45-21-31)51-25-32-8-5-9-34(28(32)2)35-10-6-11-37(29(35)3)49-15-7-13-47-14-12-40(42,43)26-47;2-1-3/h5-6,8-11,16-18,20-21,27,48H,7,12-15,22-26H2,1-4H3;1H,(H,2,3). The fraction of sp³-hybridized carbons (Fsp3) is 0.390. The van der Waals surface area contributed by atoms with Crippen LogP contribution in [0.2, 0.25) is 5.02 Å². The lowest BCUT2D eigenvalue weighted by atomic mass is 9.93. The summed E-state index contributed by atoms with van der Waals surface area (Å²) in [5.41, 5.74) is 7.17. The number of carboxylic acid groups (broad SMARTS) is 1. The molecule has 1 aliphatic heterocycles. The molecular formula is C41H47ClF2N4O6. The summed E-state index contributed by atoms with van der Waals surface area (Å²) in [6.07, 6.45) is 3.76. The van der Waals surface area contributed by atoms with Gasteiger partial charge in [0.15, 0.2) is 0 Å². The van der Waals surface area contributed by atoms with Crippen molar-refractivity contribution in [2.24, 2.45) is 0 Å². The number of aliphatic hydroxyl groups is 1. The highest BCUT2D eigenvalue weighted by Crippen LogP contribution is 2.37. The van der Waals surface area contributed by atoms with Crippen LogP contribution in [0, 0.1) is 25.2 Å². The van der Waals surface area contributed by atoms with Crippen LogP contribution in [0.4, 0.5) is 8.78 Å². The van der Waals surface area contributed by atoms with Crippen LogP contribution in [-0.4, -0.2) is 83.3 Å². The normalized spacial score (nSPS) is 14.1. The van der Waals surface area contributed by atoms with E-state index in [1.54, 1.807) is 23.2 Å². The number of nitrogens with zero attached hydrogens (tertiary/aromatic N) is 4. The van der Waals surface area contributed by atoms with Gasteiger partial charge in [0.1, 0.15) is 36.5 Å². The molecule has 4 aromatic rings. The maximum atomic E-state index is 13.5. The third-order valence-corrected chi connectivity index (χ3v) is 9.69. The maximum Gasteiger partial charge on any atom is 0.290 e. The van der Waals surface area contributed by atoms with Crippen molar-refractivity contribution in [3.05, 3.63) is 105 Å². The van der Waals surface area contributed by atoms with E-state index in [2.05, 4.69) is 30.1 Å². The van der Waals surface area contributed by atoms with Crippen LogP contribution < -0.4 is 14.2 Å². The molecule has 2 heterocycles. The Bertz CT molecular complexity index is 1910. The smallest absolute Gasteiger partial charge is 0.290 e. The molecular weight excluding hydrogens is 718 g/mol. The van der Waals surface area contributed by atoms with Gasteiger partial charge in [0, 0.05) is 61.7 Å². The molecule has 3 aromatic carbocycles. The predicted molar refractivity (Wildman–Crippen MR) is 203 cm³/mol. The summed E-state index contributed by atoms with van der Waals surface area (Å²) < 4.78 is 45.8. The Balaban J connectivity index is 0.00000209. The van der Waals surface area contributed by atoms with Gasteiger partial charge >= 0.3 is 0 Å². The summed E-state index contributed by atoms with van der Waals surface area (Å²) in [6.45, 7) is 8.00. The Morgan fingerprint density at radius 3 is 2.41 bits per heavy atom. The van der Waals surface area contributed by atoms with E-state index in [4.69, 9.17) is 35.7 Å². The van der Waals surface area contributed by atoms with Gasteiger partial charge in [-0.15, -0.1) is 0 Å². The fourth-order valence-electron chi connectivity index (χ4n) is 6.11. The quantitative estimate of drug-likeness (QED) is 0.0867. The molecule has 5 rings (SSSR count). The molecule has 1 atom stereocenters. The Kier molecular flexibility index (Phi) is 15.6. The zero-order valence-electron chi connectivity index (χ0n) is 31.0. The van der Waals surface area contributed by atoms with Crippen LogP contribution in [0.3, 0.4) is 0 Å². The number of aliphatic hydroxyl groups excluding tert-OH is 1. The number of likely N-dealkylation sites (tertiary alicyclic amines) is 1. The number of rotatable bonds is 16. The molecule has 13 heteroatoms. The zero-order valence-corrected chi connectivity index (χ0v) is 31.8. The lowest BCUT2D eigenvalue weighted by Gasteiger charge is -2.24. The van der Waals surface area contributed by atoms with Gasteiger partial charge in [-0.05, 0) is 80.3 Å². The first-order chi connectivity index (χ1) is 25.9. The van der Waals surface area contributed by atoms with E-state index in [1.807, 2.05) is 56.1 Å². The molecule has 1 unspecified atom stereocenters. The molecule has 1 aliphatic rings. The van der Waals surface area contributed by atoms with Crippen molar-refractivity contribution in [2.75, 3.05) is 39.9 Å². The summed E-state index contributed by atoms with van der Waals surface area (Å²) in [5, 5.41) is 26.3. The molecule has 1 aromatic heterocycles. The Morgan fingerprint density at radius 2 is 1.72 bits per heavy atom. The molecule has 0 amide bonds. The van der Waals surface area contributed by atoms with Crippen molar-refractivity contribution in [2.45, 2.75) is 65.3 Å². The number of halogens is 3. The average molecular weight is 765 g/mol. The molecule has 0 aliphatic carbocycles. The second-order valence-corrected chi connectivity index (χ2v) is 13.7. The Hall–Kier alpha value is -4.80. The number of benzene rings is 3. The lowest BCUT2D eigenvalue weighted by molar-refractivity contribution is -0.122. The lowest BCUT2D eigenvalue weighted by Crippen LogP contribution is -2.31. The molecule has 0 bridgehead atoms. The van der Waals surface area contributed by atoms with Crippen molar-refractivity contribution in [3.8, 4) is 34.4 Å². The van der Waals surface area contributed by atoms with E-state index >= 15 is 0 Å². The number of pyridine rings is 1. The summed E-state index contributed by atoms with van der Waals surface area (Å²) in [6, 6.07) is 19.5. The van der Waals surface area contributed by atoms with Crippen LogP contribution in [0.5, 0.6) is 17.2 Å². The third-order valence-electron chi connectivity index (χ3n) is 9.40. The summed E-state index contributed by atoms with van der Waals surface area (Å²) in [5.74, 6) is -0.773. The van der Waals surface area contributed by atoms with Gasteiger partial charge in [0.05, 0.1) is 30.3 Å². The van der Waals surface area contributed by atoms with Gasteiger partial charge in [0.2, 0.25) is 0 Å². The van der Waals surface area contributed by atoms with Gasteiger partial charge in [-0.2, -0.15) is 5.26 Å². The number of carbonyl (C=O) groups is 1. The van der Waals surface area contributed by atoms with E-state index < -0.39 is 5.92 Å². The highest BCUT2D eigenvalue weighted by Gasteiger charge is 2.37. The molecule has 1 saturated heterocycles. The minimum absolute atomic E-state index is 0.00802. The van der Waals surface area contributed by atoms with E-state index in [9.17, 15) is 19.1 Å². The summed E-state index contributed by atoms with van der Waals surface area (Å²) in [7, 11) is 1.92. The van der Waals surface area contributed by atoms with Crippen molar-refractivity contribution in [1.82, 2.24) is 14.8 Å². The van der Waals surface area contributed by atoms with Gasteiger partial charge in [-0.25, -0.2) is 8.78 Å². The largest absolute Gasteiger partial charge is 0.493 e. The summed E-state index contributed by atoms with van der Waals surface area (Å²) in [4.78, 5) is 16.3. The fourth-order valence-corrected chi connectivity index (χ4v) is 6.36. The number of hydrogen-bond acceptors (Lipinski definition) is 9. The van der Waals surface area contributed by atoms with Crippen LogP contribution in [0.15, 0.2) is 67.0 Å². The monoisotopic (exact) mass is 764 g/mol. The molecule has 1 fully saturated rings. The highest BCUT2D eigenvalue weighted by molar-refractivity contribution is 6.32. The molecule has 10 nitrogen and oxygen atoms in total. The Labute approximate surface area is 320 Å². The van der Waals surface area contributed by atoms with E-state index in [1.165, 1.54) is 6.20 Å². The molecule has 54 heavy (non-hydrogen) atoms. The molecule has 288 valence electrons. The molecule has 0 saturated carbocycles. The second kappa shape index (κ2) is 20.0. The first-order valence-corrected chi connectivity index (χ1v) is 18.0. The predicted octanol–water partition coefficient (Wildman–Crippen LogP) is 7.67. The molecule has 0 radical (unpaired) electrons. The SMILES string of the molecule is Cc1c(COc2cc(OCc3cncc(C#N)c3)c(CN(C)C(C)CO)cc2Cl)cccc1-c1cccc(OCCCN2CCC(F)(F)C2)c1C.O=CO. The number of ether oxygens (including phenoxy) is 3. The number of alkyl halides is 2. The minimum Gasteiger partial charge on any atom is -0.493 e. The van der Waals surface area contributed by atoms with Gasteiger partial charge in [0.25, 0.3) is 12.4 Å². The van der Waals surface area contributed by atoms with Crippen molar-refractivity contribution in [1.29, 1.82) is 5.26 Å². The van der Waals surface area contributed by atoms with E-state index in [0.29, 0.717) is 54.7 Å². The van der Waals surface area contributed by atoms with Gasteiger partial charge in [-0.1, -0.05) is 41.9 Å². The molecule has 0 spiro atoms. The topological polar surface area (TPSA) is 128 Å². The van der Waals surface area contributed by atoms with Gasteiger partial charge < -0.3 is 24.4 Å². The molecule has 2 N–H and O–H groups in total.